The number of hydrogen-bond donors (Lipinski definition) is 0. The van der Waals surface area contributed by atoms with Gasteiger partial charge in [-0.1, -0.05) is 168 Å². The third-order valence-corrected chi connectivity index (χ3v) is 12.7. The summed E-state index contributed by atoms with van der Waals surface area (Å²) in [4.78, 5) is 4.45. The van der Waals surface area contributed by atoms with Crippen molar-refractivity contribution in [1.82, 2.24) is 4.98 Å². The highest BCUT2D eigenvalue weighted by Crippen LogP contribution is 2.56. The molecule has 0 amide bonds. The van der Waals surface area contributed by atoms with E-state index in [1.807, 2.05) is 18.5 Å². The minimum Gasteiger partial charge on any atom is -0.264 e. The van der Waals surface area contributed by atoms with Gasteiger partial charge in [0.15, 0.2) is 24.8 Å². The Morgan fingerprint density at radius 2 is 0.492 bits per heavy atom. The molecule has 0 aliphatic rings. The molecule has 0 atom stereocenters. The topological polar surface area (TPSA) is 20.6 Å². The number of benzene rings is 7. The Hall–Kier alpha value is -8.01. The summed E-state index contributed by atoms with van der Waals surface area (Å²) < 4.78 is 4.15. The van der Waals surface area contributed by atoms with E-state index >= 15 is 0 Å². The summed E-state index contributed by atoms with van der Waals surface area (Å²) in [5.74, 6) is 0. The first-order chi connectivity index (χ1) is 31.8. The third kappa shape index (κ3) is 8.33. The Morgan fingerprint density at radius 1 is 0.262 bits per heavy atom. The maximum Gasteiger partial charge on any atom is 0.169 e. The second kappa shape index (κ2) is 17.6. The molecule has 0 saturated carbocycles. The average molecular weight is 838 g/mol. The first kappa shape index (κ1) is 41.0. The lowest BCUT2D eigenvalue weighted by atomic mass is 9.74. The van der Waals surface area contributed by atoms with Crippen LogP contribution in [0, 0.1) is 20.8 Å². The molecule has 0 fully saturated rings. The fraction of sp³-hybridized carbons (Fsp3) is 0.0806. The van der Waals surface area contributed by atoms with Crippen molar-refractivity contribution < 1.29 is 9.13 Å². The number of nitrogens with zero attached hydrogens (tertiary/aromatic N) is 3. The van der Waals surface area contributed by atoms with Gasteiger partial charge in [-0.2, -0.15) is 0 Å². The highest BCUT2D eigenvalue weighted by Gasteiger charge is 2.29. The molecule has 0 aliphatic heterocycles. The Kier molecular flexibility index (Phi) is 11.1. The predicted molar refractivity (Wildman–Crippen MR) is 270 cm³/mol. The second-order valence-electron chi connectivity index (χ2n) is 17.3. The summed E-state index contributed by atoms with van der Waals surface area (Å²) in [6.45, 7) is 6.51. The molecule has 0 radical (unpaired) electrons. The van der Waals surface area contributed by atoms with Crippen LogP contribution < -0.4 is 9.13 Å². The highest BCUT2D eigenvalue weighted by molar-refractivity contribution is 6.15. The van der Waals surface area contributed by atoms with Crippen LogP contribution in [0.15, 0.2) is 219 Å². The molecule has 3 nitrogen and oxygen atoms in total. The van der Waals surface area contributed by atoms with Crippen LogP contribution in [0.5, 0.6) is 0 Å². The molecule has 10 rings (SSSR count). The molecular weight excluding hydrogens is 787 g/mol. The Balaban J connectivity index is 1.37. The van der Waals surface area contributed by atoms with Crippen LogP contribution in [0.3, 0.4) is 0 Å². The molecular formula is C62H51N3+2. The van der Waals surface area contributed by atoms with E-state index in [9.17, 15) is 0 Å². The van der Waals surface area contributed by atoms with Gasteiger partial charge in [0.05, 0.1) is 0 Å². The summed E-state index contributed by atoms with van der Waals surface area (Å²) in [7, 11) is 4.12. The van der Waals surface area contributed by atoms with E-state index < -0.39 is 0 Å². The average Bonchev–Trinajstić information content (AvgIpc) is 3.35. The third-order valence-electron chi connectivity index (χ3n) is 12.7. The van der Waals surface area contributed by atoms with Crippen molar-refractivity contribution in [2.75, 3.05) is 0 Å². The van der Waals surface area contributed by atoms with Gasteiger partial charge in [-0.05, 0) is 127 Å². The van der Waals surface area contributed by atoms with Crippen LogP contribution in [-0.4, -0.2) is 4.98 Å². The SMILES string of the molecule is Cc1ccc(-c2c(-c3ccc(-c4cc[n+](C)cc4)cc3)c(-c3ccc(C)cc3)c(-c3ccc(-c4cccnc4)cc3)c(-c3ccc(C)cc3)c2-c2ccc(-c3cc[n+](C)cc3)cc2)cc1. The number of aryl methyl sites for hydroxylation is 5. The fourth-order valence-corrected chi connectivity index (χ4v) is 9.05. The van der Waals surface area contributed by atoms with E-state index in [0.717, 1.165) is 38.9 Å². The van der Waals surface area contributed by atoms with Gasteiger partial charge in [0.2, 0.25) is 0 Å². The van der Waals surface area contributed by atoms with Crippen LogP contribution >= 0.6 is 0 Å². The molecule has 0 unspecified atom stereocenters. The van der Waals surface area contributed by atoms with Gasteiger partial charge >= 0.3 is 0 Å². The minimum absolute atomic E-state index is 1.09. The monoisotopic (exact) mass is 837 g/mol. The van der Waals surface area contributed by atoms with Crippen molar-refractivity contribution in [3.63, 3.8) is 0 Å². The van der Waals surface area contributed by atoms with Crippen molar-refractivity contribution in [1.29, 1.82) is 0 Å². The molecule has 312 valence electrons. The van der Waals surface area contributed by atoms with Gasteiger partial charge in [0.1, 0.15) is 14.1 Å². The molecule has 0 aliphatic carbocycles. The molecule has 3 heteroatoms. The van der Waals surface area contributed by atoms with Gasteiger partial charge in [-0.15, -0.1) is 0 Å². The van der Waals surface area contributed by atoms with E-state index in [1.165, 1.54) is 77.9 Å². The number of hydrogen-bond acceptors (Lipinski definition) is 1. The number of rotatable bonds is 9. The lowest BCUT2D eigenvalue weighted by Crippen LogP contribution is -2.25. The van der Waals surface area contributed by atoms with Crippen molar-refractivity contribution >= 4 is 0 Å². The van der Waals surface area contributed by atoms with Crippen molar-refractivity contribution in [3.05, 3.63) is 236 Å². The zero-order chi connectivity index (χ0) is 44.4. The number of pyridine rings is 3. The van der Waals surface area contributed by atoms with Gasteiger partial charge in [-0.25, -0.2) is 9.13 Å². The summed E-state index contributed by atoms with van der Waals surface area (Å²) in [5, 5.41) is 0. The van der Waals surface area contributed by atoms with E-state index in [4.69, 9.17) is 0 Å². The van der Waals surface area contributed by atoms with E-state index in [-0.39, 0.29) is 0 Å². The van der Waals surface area contributed by atoms with E-state index in [0.29, 0.717) is 0 Å². The predicted octanol–water partition coefficient (Wildman–Crippen LogP) is 14.7. The fourth-order valence-electron chi connectivity index (χ4n) is 9.05. The molecule has 0 bridgehead atoms. The lowest BCUT2D eigenvalue weighted by Gasteiger charge is -2.29. The largest absolute Gasteiger partial charge is 0.264 e. The molecule has 0 spiro atoms. The van der Waals surface area contributed by atoms with Gasteiger partial charge in [0, 0.05) is 36.7 Å². The van der Waals surface area contributed by atoms with Gasteiger partial charge < -0.3 is 0 Å². The van der Waals surface area contributed by atoms with Crippen LogP contribution in [-0.2, 0) is 14.1 Å². The zero-order valence-electron chi connectivity index (χ0n) is 37.6. The van der Waals surface area contributed by atoms with Crippen molar-refractivity contribution in [2.24, 2.45) is 14.1 Å². The molecule has 0 saturated heterocycles. The Bertz CT molecular complexity index is 3080. The summed E-state index contributed by atoms with van der Waals surface area (Å²) in [6, 6.07) is 67.8. The zero-order valence-corrected chi connectivity index (χ0v) is 37.6. The Labute approximate surface area is 383 Å². The standard InChI is InChI=1S/C62H51N3/c1-42-8-14-50(15-9-42)57-60(53-26-20-45(21-27-53)48-32-37-64(4)38-33-48)58(51-16-10-43(2)11-17-51)62(55-30-24-47(25-31-55)56-7-6-36-63-41-56)59(52-18-12-44(3)13-19-52)61(57)54-28-22-46(23-29-54)49-34-39-65(5)40-35-49/h6-41H,1-5H3/q+2. The summed E-state index contributed by atoms with van der Waals surface area (Å²) in [6.07, 6.45) is 12.2. The lowest BCUT2D eigenvalue weighted by molar-refractivity contribution is -0.671. The normalized spacial score (nSPS) is 11.2. The minimum atomic E-state index is 1.09. The molecule has 0 N–H and O–H groups in total. The summed E-state index contributed by atoms with van der Waals surface area (Å²) >= 11 is 0. The van der Waals surface area contributed by atoms with E-state index in [2.05, 4.69) is 250 Å². The van der Waals surface area contributed by atoms with Crippen LogP contribution in [0.25, 0.3) is 100 Å². The van der Waals surface area contributed by atoms with E-state index in [1.54, 1.807) is 0 Å². The molecule has 3 aromatic heterocycles. The van der Waals surface area contributed by atoms with Crippen LogP contribution in [0.4, 0.5) is 0 Å². The van der Waals surface area contributed by atoms with Gasteiger partial charge in [-0.3, -0.25) is 4.98 Å². The van der Waals surface area contributed by atoms with Gasteiger partial charge in [0.25, 0.3) is 0 Å². The molecule has 7 aromatic carbocycles. The maximum atomic E-state index is 4.45. The molecule has 3 heterocycles. The highest BCUT2D eigenvalue weighted by atomic mass is 14.9. The second-order valence-corrected chi connectivity index (χ2v) is 17.3. The maximum absolute atomic E-state index is 4.45. The van der Waals surface area contributed by atoms with Crippen molar-refractivity contribution in [2.45, 2.75) is 20.8 Å². The molecule has 65 heavy (non-hydrogen) atoms. The Morgan fingerprint density at radius 3 is 0.754 bits per heavy atom. The smallest absolute Gasteiger partial charge is 0.169 e. The summed E-state index contributed by atoms with van der Waals surface area (Å²) in [5.41, 5.74) is 24.7. The van der Waals surface area contributed by atoms with Crippen molar-refractivity contribution in [3.8, 4) is 100 Å². The first-order valence-corrected chi connectivity index (χ1v) is 22.4. The first-order valence-electron chi connectivity index (χ1n) is 22.4. The number of aromatic nitrogens is 3. The van der Waals surface area contributed by atoms with Crippen LogP contribution in [0.2, 0.25) is 0 Å². The molecule has 10 aromatic rings. The van der Waals surface area contributed by atoms with Crippen LogP contribution in [0.1, 0.15) is 16.7 Å². The quantitative estimate of drug-likeness (QED) is 0.133.